The van der Waals surface area contributed by atoms with Crippen molar-refractivity contribution in [1.29, 1.82) is 0 Å². The van der Waals surface area contributed by atoms with Crippen molar-refractivity contribution in [3.8, 4) is 0 Å². The van der Waals surface area contributed by atoms with Gasteiger partial charge in [-0.25, -0.2) is 0 Å². The van der Waals surface area contributed by atoms with Crippen LogP contribution in [0.15, 0.2) is 60.7 Å². The fraction of sp³-hybridized carbons (Fsp3) is 0.300. The first-order chi connectivity index (χ1) is 12.1. The summed E-state index contributed by atoms with van der Waals surface area (Å²) in [7, 11) is 0. The third kappa shape index (κ3) is 3.56. The van der Waals surface area contributed by atoms with E-state index in [0.717, 1.165) is 25.9 Å². The normalized spacial score (nSPS) is 14.4. The predicted octanol–water partition coefficient (Wildman–Crippen LogP) is 1.66. The lowest BCUT2D eigenvalue weighted by molar-refractivity contribution is -0.139. The first-order valence-electron chi connectivity index (χ1n) is 8.52. The van der Waals surface area contributed by atoms with E-state index in [1.165, 1.54) is 0 Å². The number of benzene rings is 2. The molecule has 0 spiro atoms. The van der Waals surface area contributed by atoms with E-state index >= 15 is 0 Å². The van der Waals surface area contributed by atoms with Crippen molar-refractivity contribution in [3.05, 3.63) is 71.8 Å². The van der Waals surface area contributed by atoms with Gasteiger partial charge in [-0.05, 0) is 24.0 Å². The van der Waals surface area contributed by atoms with Gasteiger partial charge in [0, 0.05) is 13.1 Å². The largest absolute Gasteiger partial charge is 0.372 e. The summed E-state index contributed by atoms with van der Waals surface area (Å²) in [6.45, 7) is 1.35. The molecule has 3 rings (SSSR count). The molecule has 0 unspecified atom stereocenters. The van der Waals surface area contributed by atoms with E-state index in [2.05, 4.69) is 5.32 Å². The molecule has 5 heteroatoms. The molecule has 1 aliphatic rings. The fourth-order valence-electron chi connectivity index (χ4n) is 3.15. The zero-order valence-electron chi connectivity index (χ0n) is 14.0. The molecular formula is C20H22N2O3. The molecule has 2 N–H and O–H groups in total. The van der Waals surface area contributed by atoms with E-state index < -0.39 is 11.5 Å². The van der Waals surface area contributed by atoms with Gasteiger partial charge in [0.2, 0.25) is 5.91 Å². The number of nitrogens with one attached hydrogen (secondary N) is 1. The summed E-state index contributed by atoms with van der Waals surface area (Å²) >= 11 is 0. The average Bonchev–Trinajstić information content (AvgIpc) is 3.21. The van der Waals surface area contributed by atoms with Crippen LogP contribution in [0, 0.1) is 0 Å². The first kappa shape index (κ1) is 17.2. The standard InChI is InChI=1S/C20H22N2O3/c23-18(22-13-7-8-14-22)15-21-19(24)20(25,16-9-3-1-4-10-16)17-11-5-2-6-12-17/h1-6,9-12,25H,7-8,13-15H2,(H,21,24). The Kier molecular flexibility index (Phi) is 5.14. The summed E-state index contributed by atoms with van der Waals surface area (Å²) in [5.41, 5.74) is -0.909. The van der Waals surface area contributed by atoms with Gasteiger partial charge in [-0.3, -0.25) is 9.59 Å². The highest BCUT2D eigenvalue weighted by Gasteiger charge is 2.40. The third-order valence-electron chi connectivity index (χ3n) is 4.57. The molecule has 0 aliphatic carbocycles. The number of hydrogen-bond donors (Lipinski definition) is 2. The van der Waals surface area contributed by atoms with Crippen LogP contribution in [0.2, 0.25) is 0 Å². The van der Waals surface area contributed by atoms with Crippen LogP contribution in [-0.2, 0) is 15.2 Å². The summed E-state index contributed by atoms with van der Waals surface area (Å²) in [4.78, 5) is 26.8. The van der Waals surface area contributed by atoms with Crippen LogP contribution in [0.3, 0.4) is 0 Å². The molecule has 1 fully saturated rings. The zero-order chi connectivity index (χ0) is 17.7. The maximum absolute atomic E-state index is 12.9. The number of nitrogens with zero attached hydrogens (tertiary/aromatic N) is 1. The number of carbonyl (C=O) groups is 2. The van der Waals surface area contributed by atoms with Crippen molar-refractivity contribution < 1.29 is 14.7 Å². The lowest BCUT2D eigenvalue weighted by Gasteiger charge is -2.28. The van der Waals surface area contributed by atoms with Gasteiger partial charge in [0.25, 0.3) is 5.91 Å². The molecule has 2 aromatic rings. The second kappa shape index (κ2) is 7.49. The lowest BCUT2D eigenvalue weighted by Crippen LogP contribution is -2.48. The number of aliphatic hydroxyl groups is 1. The Balaban J connectivity index is 1.82. The fourth-order valence-corrected chi connectivity index (χ4v) is 3.15. The number of likely N-dealkylation sites (tertiary alicyclic amines) is 1. The number of rotatable bonds is 5. The van der Waals surface area contributed by atoms with Gasteiger partial charge >= 0.3 is 0 Å². The topological polar surface area (TPSA) is 69.6 Å². The van der Waals surface area contributed by atoms with E-state index in [9.17, 15) is 14.7 Å². The second-order valence-electron chi connectivity index (χ2n) is 6.21. The molecule has 0 atom stereocenters. The second-order valence-corrected chi connectivity index (χ2v) is 6.21. The molecule has 0 aromatic heterocycles. The van der Waals surface area contributed by atoms with Crippen molar-refractivity contribution in [2.24, 2.45) is 0 Å². The summed E-state index contributed by atoms with van der Waals surface area (Å²) in [6.07, 6.45) is 2.00. The molecule has 1 aliphatic heterocycles. The molecule has 1 heterocycles. The molecule has 0 radical (unpaired) electrons. The van der Waals surface area contributed by atoms with Crippen molar-refractivity contribution in [3.63, 3.8) is 0 Å². The molecule has 5 nitrogen and oxygen atoms in total. The van der Waals surface area contributed by atoms with Gasteiger partial charge in [-0.2, -0.15) is 0 Å². The van der Waals surface area contributed by atoms with Gasteiger partial charge in [0.05, 0.1) is 6.54 Å². The van der Waals surface area contributed by atoms with Crippen LogP contribution in [0.5, 0.6) is 0 Å². The van der Waals surface area contributed by atoms with Gasteiger partial charge in [-0.15, -0.1) is 0 Å². The minimum Gasteiger partial charge on any atom is -0.372 e. The van der Waals surface area contributed by atoms with Gasteiger partial charge in [0.1, 0.15) is 0 Å². The zero-order valence-corrected chi connectivity index (χ0v) is 14.0. The van der Waals surface area contributed by atoms with Crippen LogP contribution in [-0.4, -0.2) is 41.5 Å². The van der Waals surface area contributed by atoms with E-state index in [1.54, 1.807) is 53.4 Å². The van der Waals surface area contributed by atoms with Crippen LogP contribution < -0.4 is 5.32 Å². The Hall–Kier alpha value is -2.66. The molecule has 2 amide bonds. The summed E-state index contributed by atoms with van der Waals surface area (Å²) < 4.78 is 0. The lowest BCUT2D eigenvalue weighted by atomic mass is 9.85. The van der Waals surface area contributed by atoms with Crippen LogP contribution in [0.4, 0.5) is 0 Å². The smallest absolute Gasteiger partial charge is 0.261 e. The van der Waals surface area contributed by atoms with Gasteiger partial charge in [-0.1, -0.05) is 60.7 Å². The van der Waals surface area contributed by atoms with E-state index in [-0.39, 0.29) is 12.5 Å². The molecule has 130 valence electrons. The monoisotopic (exact) mass is 338 g/mol. The van der Waals surface area contributed by atoms with Crippen molar-refractivity contribution in [2.75, 3.05) is 19.6 Å². The van der Waals surface area contributed by atoms with Crippen molar-refractivity contribution in [2.45, 2.75) is 18.4 Å². The molecule has 25 heavy (non-hydrogen) atoms. The molecular weight excluding hydrogens is 316 g/mol. The predicted molar refractivity (Wildman–Crippen MR) is 94.7 cm³/mol. The SMILES string of the molecule is O=C(CNC(=O)C(O)(c1ccccc1)c1ccccc1)N1CCCC1. The highest BCUT2D eigenvalue weighted by atomic mass is 16.3. The Labute approximate surface area is 147 Å². The third-order valence-corrected chi connectivity index (χ3v) is 4.57. The molecule has 0 saturated carbocycles. The average molecular weight is 338 g/mol. The highest BCUT2D eigenvalue weighted by molar-refractivity contribution is 5.93. The Morgan fingerprint density at radius 2 is 1.40 bits per heavy atom. The molecule has 0 bridgehead atoms. The number of amides is 2. The number of hydrogen-bond acceptors (Lipinski definition) is 3. The van der Waals surface area contributed by atoms with E-state index in [1.807, 2.05) is 12.1 Å². The Morgan fingerprint density at radius 1 is 0.920 bits per heavy atom. The maximum atomic E-state index is 12.9. The first-order valence-corrected chi connectivity index (χ1v) is 8.52. The maximum Gasteiger partial charge on any atom is 0.261 e. The highest BCUT2D eigenvalue weighted by Crippen LogP contribution is 2.29. The van der Waals surface area contributed by atoms with Crippen LogP contribution in [0.1, 0.15) is 24.0 Å². The summed E-state index contributed by atoms with van der Waals surface area (Å²) in [6, 6.07) is 17.5. The minimum atomic E-state index is -1.84. The number of carbonyl (C=O) groups excluding carboxylic acids is 2. The summed E-state index contributed by atoms with van der Waals surface area (Å²) in [5.74, 6) is -0.716. The van der Waals surface area contributed by atoms with Crippen molar-refractivity contribution >= 4 is 11.8 Å². The van der Waals surface area contributed by atoms with Crippen molar-refractivity contribution in [1.82, 2.24) is 10.2 Å². The Morgan fingerprint density at radius 3 is 1.88 bits per heavy atom. The van der Waals surface area contributed by atoms with Gasteiger partial charge in [0.15, 0.2) is 5.60 Å². The Bertz CT molecular complexity index is 686. The quantitative estimate of drug-likeness (QED) is 0.871. The molecule has 2 aromatic carbocycles. The molecule has 1 saturated heterocycles. The summed E-state index contributed by atoms with van der Waals surface area (Å²) in [5, 5.41) is 13.9. The van der Waals surface area contributed by atoms with Gasteiger partial charge < -0.3 is 15.3 Å². The van der Waals surface area contributed by atoms with Crippen LogP contribution in [0.25, 0.3) is 0 Å². The minimum absolute atomic E-state index is 0.110. The van der Waals surface area contributed by atoms with E-state index in [4.69, 9.17) is 0 Å². The van der Waals surface area contributed by atoms with Crippen LogP contribution >= 0.6 is 0 Å². The van der Waals surface area contributed by atoms with E-state index in [0.29, 0.717) is 11.1 Å².